The highest BCUT2D eigenvalue weighted by Gasteiger charge is 2.61. The van der Waals surface area contributed by atoms with Crippen LogP contribution in [0.25, 0.3) is 11.0 Å². The Bertz CT molecular complexity index is 927. The molecule has 0 unspecified atom stereocenters. The SMILES string of the molecule is CN(c1ncnc2[nH]ccc12)[C@@H]1C[C@@]2(C)CN(C(=O)[C@H](O)C(F)(F)F)C[C@@]2(C)C1. The van der Waals surface area contributed by atoms with Gasteiger partial charge in [-0.25, -0.2) is 9.97 Å². The second-order valence-electron chi connectivity index (χ2n) is 8.87. The molecule has 1 amide bonds. The number of hydrogen-bond acceptors (Lipinski definition) is 5. The van der Waals surface area contributed by atoms with Gasteiger partial charge in [-0.15, -0.1) is 0 Å². The second-order valence-corrected chi connectivity index (χ2v) is 8.87. The molecule has 3 heterocycles. The first-order valence-corrected chi connectivity index (χ1v) is 9.50. The van der Waals surface area contributed by atoms with Crippen molar-refractivity contribution in [1.82, 2.24) is 19.9 Å². The van der Waals surface area contributed by atoms with Crippen LogP contribution in [0.4, 0.5) is 19.0 Å². The fourth-order valence-corrected chi connectivity index (χ4v) is 5.07. The average molecular weight is 411 g/mol. The molecule has 1 saturated heterocycles. The number of hydrogen-bond donors (Lipinski definition) is 2. The first-order chi connectivity index (χ1) is 13.5. The predicted molar refractivity (Wildman–Crippen MR) is 100 cm³/mol. The number of aliphatic hydroxyl groups is 1. The van der Waals surface area contributed by atoms with E-state index in [1.807, 2.05) is 27.0 Å². The van der Waals surface area contributed by atoms with Gasteiger partial charge >= 0.3 is 6.18 Å². The Morgan fingerprint density at radius 3 is 2.52 bits per heavy atom. The van der Waals surface area contributed by atoms with Crippen LogP contribution in [0.1, 0.15) is 26.7 Å². The molecule has 0 aromatic carbocycles. The minimum Gasteiger partial charge on any atom is -0.376 e. The van der Waals surface area contributed by atoms with E-state index >= 15 is 0 Å². The molecule has 158 valence electrons. The van der Waals surface area contributed by atoms with Gasteiger partial charge in [0, 0.05) is 32.4 Å². The number of carbonyl (C=O) groups is 1. The van der Waals surface area contributed by atoms with E-state index in [-0.39, 0.29) is 30.0 Å². The Balaban J connectivity index is 1.54. The first kappa shape index (κ1) is 19.9. The molecule has 1 aliphatic carbocycles. The molecule has 1 saturated carbocycles. The molecule has 2 fully saturated rings. The number of nitrogens with zero attached hydrogens (tertiary/aromatic N) is 4. The van der Waals surface area contributed by atoms with E-state index in [1.165, 1.54) is 11.2 Å². The Morgan fingerprint density at radius 2 is 1.93 bits per heavy atom. The maximum Gasteiger partial charge on any atom is 0.423 e. The molecule has 2 aromatic heterocycles. The molecule has 7 nitrogen and oxygen atoms in total. The zero-order valence-electron chi connectivity index (χ0n) is 16.5. The fourth-order valence-electron chi connectivity index (χ4n) is 5.07. The van der Waals surface area contributed by atoms with Gasteiger partial charge in [-0.2, -0.15) is 13.2 Å². The lowest BCUT2D eigenvalue weighted by Gasteiger charge is -2.31. The lowest BCUT2D eigenvalue weighted by Crippen LogP contribution is -2.47. The van der Waals surface area contributed by atoms with Gasteiger partial charge in [0.05, 0.1) is 5.39 Å². The number of aromatic amines is 1. The lowest BCUT2D eigenvalue weighted by molar-refractivity contribution is -0.210. The van der Waals surface area contributed by atoms with Crippen LogP contribution in [-0.4, -0.2) is 69.3 Å². The summed E-state index contributed by atoms with van der Waals surface area (Å²) in [5.74, 6) is -0.460. The molecule has 0 bridgehead atoms. The van der Waals surface area contributed by atoms with Gasteiger partial charge in [0.1, 0.15) is 17.8 Å². The largest absolute Gasteiger partial charge is 0.423 e. The molecule has 0 radical (unpaired) electrons. The molecular weight excluding hydrogens is 387 g/mol. The number of fused-ring (bicyclic) bond motifs is 2. The minimum absolute atomic E-state index is 0.128. The van der Waals surface area contributed by atoms with Gasteiger partial charge < -0.3 is 19.9 Å². The van der Waals surface area contributed by atoms with E-state index in [1.54, 1.807) is 6.20 Å². The van der Waals surface area contributed by atoms with Crippen LogP contribution < -0.4 is 4.90 Å². The number of likely N-dealkylation sites (tertiary alicyclic amines) is 1. The van der Waals surface area contributed by atoms with Crippen molar-refractivity contribution in [3.8, 4) is 0 Å². The molecule has 4 atom stereocenters. The minimum atomic E-state index is -4.95. The number of anilines is 1. The van der Waals surface area contributed by atoms with Crippen LogP contribution in [-0.2, 0) is 4.79 Å². The molecule has 2 aromatic rings. The Hall–Kier alpha value is -2.36. The van der Waals surface area contributed by atoms with Crippen LogP contribution in [0.2, 0.25) is 0 Å². The Morgan fingerprint density at radius 1 is 1.31 bits per heavy atom. The standard InChI is InChI=1S/C19H24F3N5O2/c1-17-6-11(26(3)15-12-4-5-23-14(12)24-10-25-15)7-18(17,2)9-27(8-17)16(29)13(28)19(20,21)22/h4-5,10-11,13,28H,6-9H2,1-3H3,(H,23,24,25)/t11-,13-,17+,18-/m0/s1. The van der Waals surface area contributed by atoms with Gasteiger partial charge in [0.15, 0.2) is 0 Å². The third-order valence-corrected chi connectivity index (χ3v) is 6.98. The molecule has 1 aliphatic heterocycles. The average Bonchev–Trinajstić information content (AvgIpc) is 3.27. The van der Waals surface area contributed by atoms with Crippen LogP contribution in [0.3, 0.4) is 0 Å². The summed E-state index contributed by atoms with van der Waals surface area (Å²) >= 11 is 0. The van der Waals surface area contributed by atoms with Crippen molar-refractivity contribution >= 4 is 22.8 Å². The van der Waals surface area contributed by atoms with Crippen LogP contribution in [0, 0.1) is 10.8 Å². The number of aromatic nitrogens is 3. The summed E-state index contributed by atoms with van der Waals surface area (Å²) in [4.78, 5) is 27.2. The van der Waals surface area contributed by atoms with Crippen molar-refractivity contribution in [1.29, 1.82) is 0 Å². The van der Waals surface area contributed by atoms with E-state index in [9.17, 15) is 23.1 Å². The smallest absolute Gasteiger partial charge is 0.376 e. The quantitative estimate of drug-likeness (QED) is 0.810. The van der Waals surface area contributed by atoms with Crippen molar-refractivity contribution in [2.24, 2.45) is 10.8 Å². The fraction of sp³-hybridized carbons (Fsp3) is 0.632. The normalized spacial score (nSPS) is 30.6. The van der Waals surface area contributed by atoms with Gasteiger partial charge in [-0.05, 0) is 29.7 Å². The van der Waals surface area contributed by atoms with Gasteiger partial charge in [0.25, 0.3) is 5.91 Å². The topological polar surface area (TPSA) is 85.4 Å². The van der Waals surface area contributed by atoms with E-state index in [0.29, 0.717) is 12.8 Å². The number of nitrogens with one attached hydrogen (secondary N) is 1. The first-order valence-electron chi connectivity index (χ1n) is 9.50. The van der Waals surface area contributed by atoms with Crippen molar-refractivity contribution in [3.05, 3.63) is 18.6 Å². The number of H-pyrrole nitrogens is 1. The summed E-state index contributed by atoms with van der Waals surface area (Å²) in [6.07, 6.45) is -3.19. The molecule has 2 aliphatic rings. The lowest BCUT2D eigenvalue weighted by atomic mass is 9.71. The number of aliphatic hydroxyl groups excluding tert-OH is 1. The highest BCUT2D eigenvalue weighted by atomic mass is 19.4. The highest BCUT2D eigenvalue weighted by molar-refractivity contribution is 5.87. The third-order valence-electron chi connectivity index (χ3n) is 6.98. The highest BCUT2D eigenvalue weighted by Crippen LogP contribution is 2.58. The number of amides is 1. The second kappa shape index (κ2) is 6.32. The maximum atomic E-state index is 12.8. The number of rotatable bonds is 3. The molecule has 0 spiro atoms. The van der Waals surface area contributed by atoms with Crippen LogP contribution in [0.15, 0.2) is 18.6 Å². The third kappa shape index (κ3) is 3.04. The summed E-state index contributed by atoms with van der Waals surface area (Å²) in [7, 11) is 1.96. The maximum absolute atomic E-state index is 12.8. The zero-order valence-corrected chi connectivity index (χ0v) is 16.5. The Kier molecular flexibility index (Phi) is 4.34. The van der Waals surface area contributed by atoms with Crippen LogP contribution >= 0.6 is 0 Å². The van der Waals surface area contributed by atoms with Gasteiger partial charge in [0.2, 0.25) is 6.10 Å². The van der Waals surface area contributed by atoms with E-state index in [4.69, 9.17) is 0 Å². The molecule has 29 heavy (non-hydrogen) atoms. The number of carbonyl (C=O) groups excluding carboxylic acids is 1. The zero-order chi connectivity index (χ0) is 21.2. The summed E-state index contributed by atoms with van der Waals surface area (Å²) in [5.41, 5.74) is 0.0457. The summed E-state index contributed by atoms with van der Waals surface area (Å²) < 4.78 is 38.3. The molecule has 2 N–H and O–H groups in total. The number of alkyl halides is 3. The number of halogens is 3. The van der Waals surface area contributed by atoms with Crippen molar-refractivity contribution in [2.75, 3.05) is 25.0 Å². The Labute approximate surface area is 165 Å². The predicted octanol–water partition coefficient (Wildman–Crippen LogP) is 2.33. The van der Waals surface area contributed by atoms with E-state index in [2.05, 4.69) is 19.9 Å². The van der Waals surface area contributed by atoms with Crippen molar-refractivity contribution in [3.63, 3.8) is 0 Å². The molecule has 10 heteroatoms. The van der Waals surface area contributed by atoms with Gasteiger partial charge in [-0.3, -0.25) is 4.79 Å². The summed E-state index contributed by atoms with van der Waals surface area (Å²) in [6.45, 7) is 4.42. The molecular formula is C19H24F3N5O2. The van der Waals surface area contributed by atoms with Gasteiger partial charge in [-0.1, -0.05) is 13.8 Å². The van der Waals surface area contributed by atoms with E-state index < -0.39 is 18.2 Å². The summed E-state index contributed by atoms with van der Waals surface area (Å²) in [6, 6.07) is 2.04. The monoisotopic (exact) mass is 411 g/mol. The molecule has 4 rings (SSSR count). The van der Waals surface area contributed by atoms with Crippen molar-refractivity contribution in [2.45, 2.75) is 45.0 Å². The van der Waals surface area contributed by atoms with E-state index in [0.717, 1.165) is 16.9 Å². The summed E-state index contributed by atoms with van der Waals surface area (Å²) in [5, 5.41) is 10.3. The van der Waals surface area contributed by atoms with Crippen LogP contribution in [0.5, 0.6) is 0 Å². The van der Waals surface area contributed by atoms with Crippen molar-refractivity contribution < 1.29 is 23.1 Å².